The van der Waals surface area contributed by atoms with Crippen molar-refractivity contribution in [1.29, 1.82) is 0 Å². The van der Waals surface area contributed by atoms with Crippen molar-refractivity contribution in [2.75, 3.05) is 6.54 Å². The van der Waals surface area contributed by atoms with Gasteiger partial charge in [-0.3, -0.25) is 4.98 Å². The summed E-state index contributed by atoms with van der Waals surface area (Å²) in [4.78, 5) is 4.14. The molecule has 106 valence electrons. The lowest BCUT2D eigenvalue weighted by Gasteiger charge is -2.20. The molecule has 4 heteroatoms. The summed E-state index contributed by atoms with van der Waals surface area (Å²) in [5.41, 5.74) is 2.08. The summed E-state index contributed by atoms with van der Waals surface area (Å²) in [6.07, 6.45) is 5.44. The van der Waals surface area contributed by atoms with Crippen LogP contribution in [0.5, 0.6) is 0 Å². The van der Waals surface area contributed by atoms with E-state index < -0.39 is 0 Å². The largest absolute Gasteiger partial charge is 0.310 e. The van der Waals surface area contributed by atoms with Crippen LogP contribution in [-0.4, -0.2) is 11.5 Å². The highest BCUT2D eigenvalue weighted by atomic mass is 79.9. The lowest BCUT2D eigenvalue weighted by Crippen LogP contribution is -2.24. The molecule has 1 aromatic carbocycles. The van der Waals surface area contributed by atoms with Crippen LogP contribution in [0.25, 0.3) is 0 Å². The summed E-state index contributed by atoms with van der Waals surface area (Å²) in [6.45, 7) is 3.02. The Morgan fingerprint density at radius 2 is 2.20 bits per heavy atom. The normalized spacial score (nSPS) is 12.3. The van der Waals surface area contributed by atoms with Gasteiger partial charge in [-0.15, -0.1) is 0 Å². The van der Waals surface area contributed by atoms with E-state index in [1.54, 1.807) is 18.3 Å². The van der Waals surface area contributed by atoms with Crippen LogP contribution >= 0.6 is 15.9 Å². The highest BCUT2D eigenvalue weighted by Crippen LogP contribution is 2.27. The first kappa shape index (κ1) is 15.1. The number of nitrogens with zero attached hydrogens (tertiary/aromatic N) is 1. The van der Waals surface area contributed by atoms with E-state index >= 15 is 0 Å². The summed E-state index contributed by atoms with van der Waals surface area (Å²) in [6, 6.07) is 8.86. The van der Waals surface area contributed by atoms with E-state index in [1.807, 2.05) is 18.3 Å². The van der Waals surface area contributed by atoms with E-state index in [1.165, 1.54) is 6.07 Å². The van der Waals surface area contributed by atoms with Crippen molar-refractivity contribution < 1.29 is 4.39 Å². The van der Waals surface area contributed by atoms with Crippen LogP contribution in [-0.2, 0) is 6.42 Å². The molecule has 0 fully saturated rings. The van der Waals surface area contributed by atoms with E-state index in [-0.39, 0.29) is 11.9 Å². The van der Waals surface area contributed by atoms with Crippen molar-refractivity contribution in [1.82, 2.24) is 10.3 Å². The van der Waals surface area contributed by atoms with Crippen LogP contribution in [0, 0.1) is 5.82 Å². The molecule has 0 saturated carbocycles. The smallest absolute Gasteiger partial charge is 0.123 e. The first-order valence-corrected chi connectivity index (χ1v) is 7.57. The Hall–Kier alpha value is -1.26. The molecule has 0 aliphatic heterocycles. The number of hydrogen-bond donors (Lipinski definition) is 1. The first-order valence-electron chi connectivity index (χ1n) is 6.78. The molecule has 0 spiro atoms. The summed E-state index contributed by atoms with van der Waals surface area (Å²) < 4.78 is 14.4. The van der Waals surface area contributed by atoms with Gasteiger partial charge in [0.1, 0.15) is 5.82 Å². The lowest BCUT2D eigenvalue weighted by molar-refractivity contribution is 0.522. The number of hydrogen-bond acceptors (Lipinski definition) is 2. The van der Waals surface area contributed by atoms with Crippen LogP contribution in [0.3, 0.4) is 0 Å². The van der Waals surface area contributed by atoms with E-state index in [0.29, 0.717) is 0 Å². The predicted octanol–water partition coefficient (Wildman–Crippen LogP) is 4.27. The molecule has 1 N–H and O–H groups in total. The highest BCUT2D eigenvalue weighted by Gasteiger charge is 2.15. The number of halogens is 2. The van der Waals surface area contributed by atoms with Crippen molar-refractivity contribution in [2.45, 2.75) is 25.8 Å². The van der Waals surface area contributed by atoms with Gasteiger partial charge in [-0.2, -0.15) is 0 Å². The fourth-order valence-corrected chi connectivity index (χ4v) is 2.67. The van der Waals surface area contributed by atoms with Crippen LogP contribution in [0.2, 0.25) is 0 Å². The number of nitrogens with one attached hydrogen (secondary N) is 1. The SMILES string of the molecule is CCCNC(Cc1cccnc1)c1cc(F)ccc1Br. The Balaban J connectivity index is 2.24. The zero-order chi connectivity index (χ0) is 14.4. The molecular weight excluding hydrogens is 319 g/mol. The van der Waals surface area contributed by atoms with Gasteiger partial charge >= 0.3 is 0 Å². The van der Waals surface area contributed by atoms with Crippen molar-refractivity contribution in [3.63, 3.8) is 0 Å². The topological polar surface area (TPSA) is 24.9 Å². The number of pyridine rings is 1. The van der Waals surface area contributed by atoms with Gasteiger partial charge in [-0.05, 0) is 54.8 Å². The molecule has 1 aromatic heterocycles. The van der Waals surface area contributed by atoms with Gasteiger partial charge in [0, 0.05) is 22.9 Å². The van der Waals surface area contributed by atoms with Gasteiger partial charge < -0.3 is 5.32 Å². The Morgan fingerprint density at radius 1 is 1.35 bits per heavy atom. The molecule has 1 atom stereocenters. The molecule has 0 radical (unpaired) electrons. The van der Waals surface area contributed by atoms with Gasteiger partial charge in [0.15, 0.2) is 0 Å². The standard InChI is InChI=1S/C16H18BrFN2/c1-2-7-20-16(9-12-4-3-8-19-11-12)14-10-13(18)5-6-15(14)17/h3-6,8,10-11,16,20H,2,7,9H2,1H3. The van der Waals surface area contributed by atoms with Crippen molar-refractivity contribution >= 4 is 15.9 Å². The number of rotatable bonds is 6. The number of aromatic nitrogens is 1. The zero-order valence-electron chi connectivity index (χ0n) is 11.4. The molecule has 20 heavy (non-hydrogen) atoms. The molecule has 0 bridgehead atoms. The van der Waals surface area contributed by atoms with Gasteiger partial charge in [-0.25, -0.2) is 4.39 Å². The van der Waals surface area contributed by atoms with Gasteiger partial charge in [0.25, 0.3) is 0 Å². The van der Waals surface area contributed by atoms with E-state index in [0.717, 1.165) is 35.0 Å². The Bertz CT molecular complexity index is 545. The number of benzene rings is 1. The fraction of sp³-hybridized carbons (Fsp3) is 0.312. The van der Waals surface area contributed by atoms with Crippen LogP contribution in [0.1, 0.15) is 30.5 Å². The Labute approximate surface area is 127 Å². The molecule has 2 aromatic rings. The van der Waals surface area contributed by atoms with Crippen LogP contribution < -0.4 is 5.32 Å². The predicted molar refractivity (Wildman–Crippen MR) is 83.1 cm³/mol. The summed E-state index contributed by atoms with van der Waals surface area (Å²) in [7, 11) is 0. The minimum Gasteiger partial charge on any atom is -0.310 e. The van der Waals surface area contributed by atoms with Crippen molar-refractivity contribution in [2.24, 2.45) is 0 Å². The third kappa shape index (κ3) is 4.12. The Kier molecular flexibility index (Phi) is 5.68. The molecule has 1 unspecified atom stereocenters. The van der Waals surface area contributed by atoms with Gasteiger partial charge in [-0.1, -0.05) is 28.9 Å². The molecule has 0 saturated heterocycles. The first-order chi connectivity index (χ1) is 9.70. The van der Waals surface area contributed by atoms with Crippen LogP contribution in [0.4, 0.5) is 4.39 Å². The summed E-state index contributed by atoms with van der Waals surface area (Å²) in [5, 5.41) is 3.48. The van der Waals surface area contributed by atoms with E-state index in [2.05, 4.69) is 33.2 Å². The monoisotopic (exact) mass is 336 g/mol. The third-order valence-corrected chi connectivity index (χ3v) is 3.86. The second-order valence-corrected chi connectivity index (χ2v) is 5.59. The maximum atomic E-state index is 13.5. The molecular formula is C16H18BrFN2. The quantitative estimate of drug-likeness (QED) is 0.852. The minimum absolute atomic E-state index is 0.0734. The average molecular weight is 337 g/mol. The molecule has 0 amide bonds. The molecule has 0 aliphatic carbocycles. The van der Waals surface area contributed by atoms with E-state index in [9.17, 15) is 4.39 Å². The summed E-state index contributed by atoms with van der Waals surface area (Å²) >= 11 is 3.51. The highest BCUT2D eigenvalue weighted by molar-refractivity contribution is 9.10. The van der Waals surface area contributed by atoms with Crippen molar-refractivity contribution in [3.05, 3.63) is 64.1 Å². The lowest BCUT2D eigenvalue weighted by atomic mass is 9.99. The van der Waals surface area contributed by atoms with Gasteiger partial charge in [0.05, 0.1) is 0 Å². The molecule has 1 heterocycles. The molecule has 0 aliphatic rings. The van der Waals surface area contributed by atoms with Crippen molar-refractivity contribution in [3.8, 4) is 0 Å². The second-order valence-electron chi connectivity index (χ2n) is 4.74. The molecule has 2 nitrogen and oxygen atoms in total. The maximum absolute atomic E-state index is 13.5. The average Bonchev–Trinajstić information content (AvgIpc) is 2.47. The summed E-state index contributed by atoms with van der Waals surface area (Å²) in [5.74, 6) is -0.210. The Morgan fingerprint density at radius 3 is 2.90 bits per heavy atom. The van der Waals surface area contributed by atoms with Gasteiger partial charge in [0.2, 0.25) is 0 Å². The molecule has 2 rings (SSSR count). The van der Waals surface area contributed by atoms with Crippen LogP contribution in [0.15, 0.2) is 47.2 Å². The second kappa shape index (κ2) is 7.50. The van der Waals surface area contributed by atoms with E-state index in [4.69, 9.17) is 0 Å². The minimum atomic E-state index is -0.210. The maximum Gasteiger partial charge on any atom is 0.123 e. The third-order valence-electron chi connectivity index (χ3n) is 3.14. The fourth-order valence-electron chi connectivity index (χ4n) is 2.15. The zero-order valence-corrected chi connectivity index (χ0v) is 13.0.